The molecule has 0 aromatic carbocycles. The van der Waals surface area contributed by atoms with Crippen LogP contribution in [0.15, 0.2) is 12.2 Å². The Morgan fingerprint density at radius 1 is 1.36 bits per heavy atom. The molecule has 0 saturated heterocycles. The van der Waals surface area contributed by atoms with E-state index in [-0.39, 0.29) is 27.6 Å². The number of hydroxylamine groups is 3. The molecular weight excluding hydrogens is 210 g/mol. The Labute approximate surface area is 78.0 Å². The van der Waals surface area contributed by atoms with Gasteiger partial charge in [0.15, 0.2) is 0 Å². The molecule has 0 heterocycles. The average Bonchev–Trinajstić information content (AvgIpc) is 1.60. The van der Waals surface area contributed by atoms with Gasteiger partial charge in [0.25, 0.3) is 0 Å². The number of halogens is 1. The van der Waals surface area contributed by atoms with Gasteiger partial charge in [-0.2, -0.15) is 0 Å². The summed E-state index contributed by atoms with van der Waals surface area (Å²) in [6.45, 7) is 5.08. The molecule has 0 aliphatic rings. The molecule has 0 rings (SSSR count). The van der Waals surface area contributed by atoms with Gasteiger partial charge in [0, 0.05) is 5.57 Å². The highest BCUT2D eigenvalue weighted by atomic mass is 79.9. The van der Waals surface area contributed by atoms with Gasteiger partial charge in [0.1, 0.15) is 21.1 Å². The fourth-order valence-corrected chi connectivity index (χ4v) is 0.327. The molecule has 0 aliphatic carbocycles. The van der Waals surface area contributed by atoms with Gasteiger partial charge >= 0.3 is 5.97 Å². The van der Waals surface area contributed by atoms with E-state index in [1.807, 2.05) is 0 Å². The van der Waals surface area contributed by atoms with Gasteiger partial charge in [-0.05, 0) is 6.92 Å². The summed E-state index contributed by atoms with van der Waals surface area (Å²) in [4.78, 5) is 15.7. The molecule has 3 nitrogen and oxygen atoms in total. The Morgan fingerprint density at radius 2 is 1.73 bits per heavy atom. The zero-order valence-corrected chi connectivity index (χ0v) is 8.93. The van der Waals surface area contributed by atoms with E-state index in [0.29, 0.717) is 5.57 Å². The summed E-state index contributed by atoms with van der Waals surface area (Å²) in [5.41, 5.74) is 0.424. The molecule has 0 aromatic heterocycles. The van der Waals surface area contributed by atoms with Gasteiger partial charge in [0.05, 0.1) is 0 Å². The molecule has 0 fully saturated rings. The quantitative estimate of drug-likeness (QED) is 0.300. The number of quaternary nitrogens is 1. The third-order valence-corrected chi connectivity index (χ3v) is 0.705. The second-order valence-corrected chi connectivity index (χ2v) is 3.05. The zero-order valence-electron chi connectivity index (χ0n) is 7.35. The van der Waals surface area contributed by atoms with Gasteiger partial charge in [-0.15, -0.1) is 4.65 Å². The van der Waals surface area contributed by atoms with Gasteiger partial charge in [0.2, 0.25) is 0 Å². The van der Waals surface area contributed by atoms with Gasteiger partial charge in [-0.25, -0.2) is 4.79 Å². The summed E-state index contributed by atoms with van der Waals surface area (Å²) < 4.78 is 0.172. The molecule has 4 heteroatoms. The van der Waals surface area contributed by atoms with Crippen LogP contribution < -0.4 is 17.0 Å². The number of hydrogen-bond donors (Lipinski definition) is 0. The monoisotopic (exact) mass is 223 g/mol. The van der Waals surface area contributed by atoms with E-state index in [1.165, 1.54) is 0 Å². The molecule has 0 aromatic rings. The molecule has 0 spiro atoms. The molecule has 0 bridgehead atoms. The van der Waals surface area contributed by atoms with Crippen LogP contribution in [-0.4, -0.2) is 31.8 Å². The standard InChI is InChI=1S/C7H14NO2.BrH/c1-6(2)7(9)10-8(3,4)5;/h1H2,2-5H3;1H/q+1;/p-1. The number of hydrogen-bond acceptors (Lipinski definition) is 2. The van der Waals surface area contributed by atoms with E-state index in [9.17, 15) is 4.79 Å². The maximum Gasteiger partial charge on any atom is 0.392 e. The minimum Gasteiger partial charge on any atom is -1.00 e. The smallest absolute Gasteiger partial charge is 0.392 e. The van der Waals surface area contributed by atoms with Crippen molar-refractivity contribution in [3.63, 3.8) is 0 Å². The molecule has 0 unspecified atom stereocenters. The largest absolute Gasteiger partial charge is 1.00 e. The summed E-state index contributed by atoms with van der Waals surface area (Å²) >= 11 is 0. The molecule has 0 aliphatic heterocycles. The Kier molecular flexibility index (Phi) is 5.44. The van der Waals surface area contributed by atoms with E-state index in [0.717, 1.165) is 0 Å². The Bertz CT molecular complexity index is 160. The molecular formula is C7H14BrNO2. The van der Waals surface area contributed by atoms with Crippen LogP contribution in [0.3, 0.4) is 0 Å². The molecule has 66 valence electrons. The van der Waals surface area contributed by atoms with Crippen LogP contribution in [0.5, 0.6) is 0 Å². The van der Waals surface area contributed by atoms with E-state index in [4.69, 9.17) is 4.84 Å². The summed E-state index contributed by atoms with van der Waals surface area (Å²) in [6.07, 6.45) is 0. The third-order valence-electron chi connectivity index (χ3n) is 0.705. The number of rotatable bonds is 2. The van der Waals surface area contributed by atoms with Gasteiger partial charge < -0.3 is 17.0 Å². The summed E-state index contributed by atoms with van der Waals surface area (Å²) in [7, 11) is 5.29. The summed E-state index contributed by atoms with van der Waals surface area (Å²) in [6, 6.07) is 0. The first-order valence-corrected chi connectivity index (χ1v) is 3.04. The number of carbonyl (C=O) groups is 1. The summed E-state index contributed by atoms with van der Waals surface area (Å²) in [5.74, 6) is -0.354. The molecule has 0 amide bonds. The van der Waals surface area contributed by atoms with E-state index in [2.05, 4.69) is 6.58 Å². The van der Waals surface area contributed by atoms with Crippen molar-refractivity contribution in [2.45, 2.75) is 6.92 Å². The van der Waals surface area contributed by atoms with Crippen molar-refractivity contribution >= 4 is 5.97 Å². The highest BCUT2D eigenvalue weighted by molar-refractivity contribution is 5.86. The van der Waals surface area contributed by atoms with E-state index < -0.39 is 0 Å². The van der Waals surface area contributed by atoms with Crippen molar-refractivity contribution in [3.8, 4) is 0 Å². The first-order chi connectivity index (χ1) is 4.33. The normalized spacial score (nSPS) is 9.82. The number of nitrogens with zero attached hydrogens (tertiary/aromatic N) is 1. The minimum absolute atomic E-state index is 0. The zero-order chi connectivity index (χ0) is 8.36. The summed E-state index contributed by atoms with van der Waals surface area (Å²) in [5, 5.41) is 0. The lowest BCUT2D eigenvalue weighted by Crippen LogP contribution is -3.00. The Hall–Kier alpha value is -0.350. The van der Waals surface area contributed by atoms with Crippen LogP contribution in [0.2, 0.25) is 0 Å². The van der Waals surface area contributed by atoms with Crippen molar-refractivity contribution in [3.05, 3.63) is 12.2 Å². The van der Waals surface area contributed by atoms with E-state index in [1.54, 1.807) is 28.1 Å². The molecule has 0 saturated carbocycles. The van der Waals surface area contributed by atoms with Crippen LogP contribution in [0.25, 0.3) is 0 Å². The second kappa shape index (κ2) is 4.51. The van der Waals surface area contributed by atoms with Crippen LogP contribution >= 0.6 is 0 Å². The second-order valence-electron chi connectivity index (χ2n) is 3.05. The Morgan fingerprint density at radius 3 is 1.82 bits per heavy atom. The van der Waals surface area contributed by atoms with Crippen molar-refractivity contribution < 1.29 is 31.3 Å². The lowest BCUT2D eigenvalue weighted by molar-refractivity contribution is -1.04. The predicted molar refractivity (Wildman–Crippen MR) is 38.9 cm³/mol. The maximum absolute atomic E-state index is 10.8. The lowest BCUT2D eigenvalue weighted by Gasteiger charge is -2.19. The fourth-order valence-electron chi connectivity index (χ4n) is 0.327. The predicted octanol–water partition coefficient (Wildman–Crippen LogP) is -2.27. The topological polar surface area (TPSA) is 26.3 Å². The lowest BCUT2D eigenvalue weighted by atomic mass is 10.4. The van der Waals surface area contributed by atoms with Gasteiger partial charge in [-0.1, -0.05) is 6.58 Å². The molecule has 0 radical (unpaired) electrons. The minimum atomic E-state index is -0.354. The molecule has 0 atom stereocenters. The Balaban J connectivity index is 0. The number of carbonyl (C=O) groups excluding carboxylic acids is 1. The first kappa shape index (κ1) is 13.3. The maximum atomic E-state index is 10.8. The molecule has 0 N–H and O–H groups in total. The molecule has 11 heavy (non-hydrogen) atoms. The van der Waals surface area contributed by atoms with Crippen LogP contribution in [-0.2, 0) is 9.63 Å². The highest BCUT2D eigenvalue weighted by Gasteiger charge is 2.15. The van der Waals surface area contributed by atoms with Crippen molar-refractivity contribution in [2.75, 3.05) is 21.1 Å². The van der Waals surface area contributed by atoms with Crippen molar-refractivity contribution in [2.24, 2.45) is 0 Å². The van der Waals surface area contributed by atoms with Crippen molar-refractivity contribution in [1.82, 2.24) is 0 Å². The highest BCUT2D eigenvalue weighted by Crippen LogP contribution is 1.98. The van der Waals surface area contributed by atoms with Crippen LogP contribution in [0.1, 0.15) is 6.92 Å². The van der Waals surface area contributed by atoms with E-state index >= 15 is 0 Å². The first-order valence-electron chi connectivity index (χ1n) is 3.04. The average molecular weight is 224 g/mol. The van der Waals surface area contributed by atoms with Crippen LogP contribution in [0.4, 0.5) is 0 Å². The SMILES string of the molecule is C=C(C)C(=O)O[N+](C)(C)C.[Br-]. The fraction of sp³-hybridized carbons (Fsp3) is 0.571. The van der Waals surface area contributed by atoms with Crippen LogP contribution in [0, 0.1) is 0 Å². The van der Waals surface area contributed by atoms with Crippen molar-refractivity contribution in [1.29, 1.82) is 0 Å². The third kappa shape index (κ3) is 7.55. The van der Waals surface area contributed by atoms with Gasteiger partial charge in [-0.3, -0.25) is 4.84 Å².